The normalized spacial score (nSPS) is 10.7. The highest BCUT2D eigenvalue weighted by atomic mass is 32.1. The number of hydrogen-bond acceptors (Lipinski definition) is 4. The summed E-state index contributed by atoms with van der Waals surface area (Å²) in [5.41, 5.74) is 0.377. The molecule has 0 aromatic carbocycles. The molecule has 2 rings (SSSR count). The second-order valence-corrected chi connectivity index (χ2v) is 5.11. The highest BCUT2D eigenvalue weighted by molar-refractivity contribution is 7.15. The Hall–Kier alpha value is -1.49. The second-order valence-electron chi connectivity index (χ2n) is 3.95. The van der Waals surface area contributed by atoms with E-state index in [1.165, 1.54) is 4.88 Å². The Bertz CT molecular complexity index is 551. The summed E-state index contributed by atoms with van der Waals surface area (Å²) in [6.45, 7) is 6.32. The van der Waals surface area contributed by atoms with Gasteiger partial charge < -0.3 is 5.32 Å². The van der Waals surface area contributed by atoms with Crippen LogP contribution in [0.15, 0.2) is 12.1 Å². The fourth-order valence-corrected chi connectivity index (χ4v) is 2.52. The van der Waals surface area contributed by atoms with Crippen molar-refractivity contribution in [2.45, 2.75) is 27.2 Å². The van der Waals surface area contributed by atoms with Crippen LogP contribution in [0.25, 0.3) is 10.7 Å². The SMILES string of the molecule is CCNc1nc(-c2ccc(CC)s2)nc(C)c1F. The minimum Gasteiger partial charge on any atom is -0.368 e. The smallest absolute Gasteiger partial charge is 0.186 e. The number of halogens is 1. The van der Waals surface area contributed by atoms with Crippen LogP contribution < -0.4 is 5.32 Å². The largest absolute Gasteiger partial charge is 0.368 e. The van der Waals surface area contributed by atoms with E-state index in [2.05, 4.69) is 28.3 Å². The molecule has 0 bridgehead atoms. The molecule has 0 atom stereocenters. The Balaban J connectivity index is 2.44. The van der Waals surface area contributed by atoms with Crippen molar-refractivity contribution in [2.75, 3.05) is 11.9 Å². The van der Waals surface area contributed by atoms with Gasteiger partial charge in [0.1, 0.15) is 0 Å². The lowest BCUT2D eigenvalue weighted by atomic mass is 10.3. The van der Waals surface area contributed by atoms with Crippen molar-refractivity contribution < 1.29 is 4.39 Å². The van der Waals surface area contributed by atoms with Crippen molar-refractivity contribution in [3.05, 3.63) is 28.5 Å². The van der Waals surface area contributed by atoms with Crippen LogP contribution in [0.3, 0.4) is 0 Å². The number of aromatic nitrogens is 2. The van der Waals surface area contributed by atoms with Crippen LogP contribution in [-0.4, -0.2) is 16.5 Å². The topological polar surface area (TPSA) is 37.8 Å². The van der Waals surface area contributed by atoms with Gasteiger partial charge in [0.15, 0.2) is 17.5 Å². The molecule has 0 aliphatic heterocycles. The van der Waals surface area contributed by atoms with E-state index < -0.39 is 0 Å². The van der Waals surface area contributed by atoms with E-state index in [0.29, 0.717) is 18.1 Å². The van der Waals surface area contributed by atoms with Crippen LogP contribution in [0, 0.1) is 12.7 Å². The monoisotopic (exact) mass is 265 g/mol. The van der Waals surface area contributed by atoms with Crippen LogP contribution in [0.5, 0.6) is 0 Å². The van der Waals surface area contributed by atoms with Crippen molar-refractivity contribution in [3.63, 3.8) is 0 Å². The van der Waals surface area contributed by atoms with Crippen LogP contribution in [0.4, 0.5) is 10.2 Å². The maximum Gasteiger partial charge on any atom is 0.186 e. The van der Waals surface area contributed by atoms with Gasteiger partial charge in [-0.25, -0.2) is 14.4 Å². The molecule has 96 valence electrons. The van der Waals surface area contributed by atoms with Crippen LogP contribution in [-0.2, 0) is 6.42 Å². The summed E-state index contributed by atoms with van der Waals surface area (Å²) in [7, 11) is 0. The van der Waals surface area contributed by atoms with Crippen molar-refractivity contribution in [3.8, 4) is 10.7 Å². The molecule has 3 nitrogen and oxygen atoms in total. The predicted octanol–water partition coefficient (Wildman–Crippen LogP) is 3.65. The first-order chi connectivity index (χ1) is 8.65. The van der Waals surface area contributed by atoms with Crippen LogP contribution in [0.2, 0.25) is 0 Å². The number of hydrogen-bond donors (Lipinski definition) is 1. The Kier molecular flexibility index (Phi) is 3.91. The minimum absolute atomic E-state index is 0.284. The lowest BCUT2D eigenvalue weighted by molar-refractivity contribution is 0.606. The Morgan fingerprint density at radius 1 is 1.28 bits per heavy atom. The summed E-state index contributed by atoms with van der Waals surface area (Å²) >= 11 is 1.65. The number of nitrogens with one attached hydrogen (secondary N) is 1. The van der Waals surface area contributed by atoms with E-state index in [1.807, 2.05) is 13.0 Å². The fraction of sp³-hybridized carbons (Fsp3) is 0.385. The van der Waals surface area contributed by atoms with Crippen LogP contribution in [0.1, 0.15) is 24.4 Å². The summed E-state index contributed by atoms with van der Waals surface area (Å²) < 4.78 is 13.8. The predicted molar refractivity (Wildman–Crippen MR) is 73.6 cm³/mol. The van der Waals surface area contributed by atoms with Gasteiger partial charge in [-0.2, -0.15) is 0 Å². The van der Waals surface area contributed by atoms with E-state index in [4.69, 9.17) is 0 Å². The first-order valence-electron chi connectivity index (χ1n) is 6.02. The number of aryl methyl sites for hydroxylation is 2. The molecule has 0 aliphatic carbocycles. The maximum atomic E-state index is 13.8. The molecule has 0 radical (unpaired) electrons. The maximum absolute atomic E-state index is 13.8. The van der Waals surface area contributed by atoms with E-state index in [0.717, 1.165) is 11.3 Å². The molecule has 0 saturated heterocycles. The van der Waals surface area contributed by atoms with Crippen LogP contribution >= 0.6 is 11.3 Å². The van der Waals surface area contributed by atoms with Crippen molar-refractivity contribution in [1.82, 2.24) is 9.97 Å². The quantitative estimate of drug-likeness (QED) is 0.917. The molecule has 0 fully saturated rings. The van der Waals surface area contributed by atoms with Gasteiger partial charge in [-0.05, 0) is 32.4 Å². The fourth-order valence-electron chi connectivity index (χ4n) is 1.64. The van der Waals surface area contributed by atoms with Gasteiger partial charge in [-0.15, -0.1) is 11.3 Å². The first kappa shape index (κ1) is 13.0. The lowest BCUT2D eigenvalue weighted by Gasteiger charge is -2.07. The summed E-state index contributed by atoms with van der Waals surface area (Å²) in [6, 6.07) is 4.06. The highest BCUT2D eigenvalue weighted by Crippen LogP contribution is 2.27. The third-order valence-corrected chi connectivity index (χ3v) is 3.82. The molecule has 2 heterocycles. The van der Waals surface area contributed by atoms with Crippen molar-refractivity contribution in [1.29, 1.82) is 0 Å². The third-order valence-electron chi connectivity index (χ3n) is 2.59. The average Bonchev–Trinajstić information content (AvgIpc) is 2.83. The molecule has 2 aromatic rings. The molecule has 0 spiro atoms. The molecule has 0 saturated carbocycles. The standard InChI is InChI=1S/C13H16FN3S/c1-4-9-6-7-10(18-9)12-16-8(3)11(14)13(17-12)15-5-2/h6-7H,4-5H2,1-3H3,(H,15,16,17). The zero-order valence-corrected chi connectivity index (χ0v) is 11.6. The minimum atomic E-state index is -0.368. The van der Waals surface area contributed by atoms with E-state index in [-0.39, 0.29) is 11.6 Å². The van der Waals surface area contributed by atoms with Crippen molar-refractivity contribution in [2.24, 2.45) is 0 Å². The molecular formula is C13H16FN3S. The van der Waals surface area contributed by atoms with Gasteiger partial charge in [0, 0.05) is 11.4 Å². The van der Waals surface area contributed by atoms with Crippen molar-refractivity contribution >= 4 is 17.2 Å². The van der Waals surface area contributed by atoms with E-state index in [1.54, 1.807) is 18.3 Å². The molecule has 0 unspecified atom stereocenters. The average molecular weight is 265 g/mol. The van der Waals surface area contributed by atoms with Gasteiger partial charge in [-0.3, -0.25) is 0 Å². The molecule has 2 aromatic heterocycles. The van der Waals surface area contributed by atoms with Gasteiger partial charge >= 0.3 is 0 Å². The molecule has 18 heavy (non-hydrogen) atoms. The molecule has 0 aliphatic rings. The number of nitrogens with zero attached hydrogens (tertiary/aromatic N) is 2. The molecule has 1 N–H and O–H groups in total. The Morgan fingerprint density at radius 2 is 2.06 bits per heavy atom. The summed E-state index contributed by atoms with van der Waals surface area (Å²) in [5.74, 6) is 0.508. The number of anilines is 1. The highest BCUT2D eigenvalue weighted by Gasteiger charge is 2.13. The first-order valence-corrected chi connectivity index (χ1v) is 6.84. The van der Waals surface area contributed by atoms with Gasteiger partial charge in [0.2, 0.25) is 0 Å². The summed E-state index contributed by atoms with van der Waals surface area (Å²) in [5, 5.41) is 2.93. The van der Waals surface area contributed by atoms with Gasteiger partial charge in [0.25, 0.3) is 0 Å². The van der Waals surface area contributed by atoms with Gasteiger partial charge in [-0.1, -0.05) is 6.92 Å². The summed E-state index contributed by atoms with van der Waals surface area (Å²) in [4.78, 5) is 10.7. The van der Waals surface area contributed by atoms with E-state index in [9.17, 15) is 4.39 Å². The Labute approximate surface area is 110 Å². The number of rotatable bonds is 4. The zero-order chi connectivity index (χ0) is 13.1. The number of thiophene rings is 1. The molecule has 0 amide bonds. The van der Waals surface area contributed by atoms with Gasteiger partial charge in [0.05, 0.1) is 10.6 Å². The molecular weight excluding hydrogens is 249 g/mol. The second kappa shape index (κ2) is 5.44. The third kappa shape index (κ3) is 2.51. The summed E-state index contributed by atoms with van der Waals surface area (Å²) in [6.07, 6.45) is 0.991. The molecule has 5 heteroatoms. The Morgan fingerprint density at radius 3 is 2.67 bits per heavy atom. The van der Waals surface area contributed by atoms with E-state index >= 15 is 0 Å². The lowest BCUT2D eigenvalue weighted by Crippen LogP contribution is -2.06. The zero-order valence-electron chi connectivity index (χ0n) is 10.7.